The van der Waals surface area contributed by atoms with E-state index < -0.39 is 11.7 Å². The molecule has 0 fully saturated rings. The van der Waals surface area contributed by atoms with Crippen molar-refractivity contribution >= 4 is 29.4 Å². The van der Waals surface area contributed by atoms with Gasteiger partial charge in [-0.15, -0.1) is 0 Å². The minimum atomic E-state index is -0.482. The van der Waals surface area contributed by atoms with Crippen LogP contribution in [0.3, 0.4) is 0 Å². The van der Waals surface area contributed by atoms with Crippen molar-refractivity contribution in [1.82, 2.24) is 5.32 Å². The fourth-order valence-electron chi connectivity index (χ4n) is 1.41. The Morgan fingerprint density at radius 3 is 2.45 bits per heavy atom. The smallest absolute Gasteiger partial charge is 0.407 e. The molecule has 0 heterocycles. The van der Waals surface area contributed by atoms with Crippen molar-refractivity contribution in [2.45, 2.75) is 26.4 Å². The molecule has 0 saturated heterocycles. The molecule has 0 bridgehead atoms. The molecule has 1 amide bonds. The summed E-state index contributed by atoms with van der Waals surface area (Å²) >= 11 is 4.88. The van der Waals surface area contributed by atoms with Crippen molar-refractivity contribution in [1.29, 1.82) is 0 Å². The zero-order valence-corrected chi connectivity index (χ0v) is 12.8. The average Bonchev–Trinajstić information content (AvgIpc) is 2.33. The highest BCUT2D eigenvalue weighted by Gasteiger charge is 2.14. The molecule has 20 heavy (non-hydrogen) atoms. The second kappa shape index (κ2) is 7.05. The highest BCUT2D eigenvalue weighted by atomic mass is 32.1. The summed E-state index contributed by atoms with van der Waals surface area (Å²) in [6, 6.07) is 7.56. The first-order valence-corrected chi connectivity index (χ1v) is 6.72. The summed E-state index contributed by atoms with van der Waals surface area (Å²) in [6.07, 6.45) is 3.33. The van der Waals surface area contributed by atoms with Gasteiger partial charge < -0.3 is 15.8 Å². The summed E-state index contributed by atoms with van der Waals surface area (Å²) in [7, 11) is 0. The van der Waals surface area contributed by atoms with Crippen LogP contribution in [0.1, 0.15) is 31.9 Å². The van der Waals surface area contributed by atoms with Gasteiger partial charge in [0.05, 0.1) is 0 Å². The van der Waals surface area contributed by atoms with Crippen molar-refractivity contribution in [3.63, 3.8) is 0 Å². The molecule has 0 radical (unpaired) electrons. The number of carbonyl (C=O) groups excluding carboxylic acids is 1. The lowest BCUT2D eigenvalue weighted by atomic mass is 10.1. The summed E-state index contributed by atoms with van der Waals surface area (Å²) in [5, 5.41) is 2.65. The summed E-state index contributed by atoms with van der Waals surface area (Å²) < 4.78 is 5.12. The molecular weight excluding hydrogens is 272 g/mol. The molecule has 0 aliphatic carbocycles. The Hall–Kier alpha value is -1.88. The van der Waals surface area contributed by atoms with Gasteiger partial charge in [0.2, 0.25) is 0 Å². The van der Waals surface area contributed by atoms with Gasteiger partial charge in [0, 0.05) is 12.1 Å². The summed E-state index contributed by atoms with van der Waals surface area (Å²) in [4.78, 5) is 11.8. The molecule has 0 unspecified atom stereocenters. The van der Waals surface area contributed by atoms with Gasteiger partial charge >= 0.3 is 6.09 Å². The third kappa shape index (κ3) is 6.33. The monoisotopic (exact) mass is 292 g/mol. The summed E-state index contributed by atoms with van der Waals surface area (Å²) in [6.45, 7) is 5.88. The molecule has 3 N–H and O–H groups in total. The Bertz CT molecular complexity index is 502. The summed E-state index contributed by atoms with van der Waals surface area (Å²) in [5.41, 5.74) is 6.89. The molecule has 4 nitrogen and oxygen atoms in total. The first-order valence-electron chi connectivity index (χ1n) is 6.31. The van der Waals surface area contributed by atoms with Crippen LogP contribution in [0, 0.1) is 0 Å². The van der Waals surface area contributed by atoms with Gasteiger partial charge in [-0.25, -0.2) is 4.79 Å². The first-order chi connectivity index (χ1) is 9.28. The SMILES string of the molecule is CC(C)(C)OC(=O)NCC=Cc1ccc(C(N)=S)cc1. The molecule has 0 aliphatic rings. The first kappa shape index (κ1) is 16.2. The molecule has 0 spiro atoms. The van der Waals surface area contributed by atoms with Gasteiger partial charge in [0.1, 0.15) is 10.6 Å². The fraction of sp³-hybridized carbons (Fsp3) is 0.333. The van der Waals surface area contributed by atoms with Crippen LogP contribution in [0.15, 0.2) is 30.3 Å². The van der Waals surface area contributed by atoms with Gasteiger partial charge in [0.25, 0.3) is 0 Å². The van der Waals surface area contributed by atoms with E-state index in [0.29, 0.717) is 11.5 Å². The van der Waals surface area contributed by atoms with Gasteiger partial charge in [-0.3, -0.25) is 0 Å². The van der Waals surface area contributed by atoms with E-state index in [9.17, 15) is 4.79 Å². The Morgan fingerprint density at radius 2 is 1.95 bits per heavy atom. The number of nitrogens with two attached hydrogens (primary N) is 1. The lowest BCUT2D eigenvalue weighted by molar-refractivity contribution is 0.0534. The van der Waals surface area contributed by atoms with Crippen LogP contribution in [-0.2, 0) is 4.74 Å². The Morgan fingerprint density at radius 1 is 1.35 bits per heavy atom. The highest BCUT2D eigenvalue weighted by molar-refractivity contribution is 7.80. The van der Waals surface area contributed by atoms with Gasteiger partial charge in [0.15, 0.2) is 0 Å². The van der Waals surface area contributed by atoms with Crippen molar-refractivity contribution in [2.24, 2.45) is 5.73 Å². The molecule has 108 valence electrons. The molecule has 5 heteroatoms. The van der Waals surface area contributed by atoms with E-state index in [1.165, 1.54) is 0 Å². The van der Waals surface area contributed by atoms with Crippen LogP contribution in [-0.4, -0.2) is 23.2 Å². The van der Waals surface area contributed by atoms with Crippen LogP contribution in [0.2, 0.25) is 0 Å². The van der Waals surface area contributed by atoms with E-state index in [-0.39, 0.29) is 0 Å². The number of benzene rings is 1. The second-order valence-corrected chi connectivity index (χ2v) is 5.71. The number of carbonyl (C=O) groups is 1. The quantitative estimate of drug-likeness (QED) is 0.838. The molecular formula is C15H20N2O2S. The number of hydrogen-bond donors (Lipinski definition) is 2. The van der Waals surface area contributed by atoms with Gasteiger partial charge in [-0.2, -0.15) is 0 Å². The van der Waals surface area contributed by atoms with Crippen molar-refractivity contribution < 1.29 is 9.53 Å². The number of hydrogen-bond acceptors (Lipinski definition) is 3. The molecule has 1 rings (SSSR count). The molecule has 0 aliphatic heterocycles. The zero-order chi connectivity index (χ0) is 15.2. The van der Waals surface area contributed by atoms with Crippen molar-refractivity contribution in [3.05, 3.63) is 41.5 Å². The number of thiocarbonyl (C=S) groups is 1. The zero-order valence-electron chi connectivity index (χ0n) is 12.0. The maximum absolute atomic E-state index is 11.4. The topological polar surface area (TPSA) is 64.3 Å². The molecule has 0 atom stereocenters. The number of alkyl carbamates (subject to hydrolysis) is 1. The van der Waals surface area contributed by atoms with Gasteiger partial charge in [-0.05, 0) is 26.3 Å². The van der Waals surface area contributed by atoms with Crippen LogP contribution in [0.25, 0.3) is 6.08 Å². The fourth-order valence-corrected chi connectivity index (χ4v) is 1.55. The number of nitrogens with one attached hydrogen (secondary N) is 1. The predicted octanol–water partition coefficient (Wildman–Crippen LogP) is 2.86. The van der Waals surface area contributed by atoms with Crippen LogP contribution in [0.5, 0.6) is 0 Å². The lowest BCUT2D eigenvalue weighted by Gasteiger charge is -2.19. The Balaban J connectivity index is 2.42. The third-order valence-corrected chi connectivity index (χ3v) is 2.50. The molecule has 1 aromatic carbocycles. The molecule has 0 aromatic heterocycles. The maximum atomic E-state index is 11.4. The van der Waals surface area contributed by atoms with E-state index in [2.05, 4.69) is 5.32 Å². The number of ether oxygens (including phenoxy) is 1. The minimum Gasteiger partial charge on any atom is -0.444 e. The van der Waals surface area contributed by atoms with Crippen LogP contribution in [0.4, 0.5) is 4.79 Å². The van der Waals surface area contributed by atoms with Crippen LogP contribution < -0.4 is 11.1 Å². The predicted molar refractivity (Wildman–Crippen MR) is 85.6 cm³/mol. The lowest BCUT2D eigenvalue weighted by Crippen LogP contribution is -2.32. The van der Waals surface area contributed by atoms with E-state index in [4.69, 9.17) is 22.7 Å². The number of amides is 1. The largest absolute Gasteiger partial charge is 0.444 e. The van der Waals surface area contributed by atoms with Crippen LogP contribution >= 0.6 is 12.2 Å². The molecule has 0 saturated carbocycles. The average molecular weight is 292 g/mol. The molecule has 1 aromatic rings. The Labute approximate surface area is 125 Å². The highest BCUT2D eigenvalue weighted by Crippen LogP contribution is 2.07. The van der Waals surface area contributed by atoms with E-state index in [1.807, 2.05) is 57.2 Å². The van der Waals surface area contributed by atoms with Crippen molar-refractivity contribution in [2.75, 3.05) is 6.54 Å². The van der Waals surface area contributed by atoms with E-state index in [0.717, 1.165) is 11.1 Å². The minimum absolute atomic E-state index is 0.382. The maximum Gasteiger partial charge on any atom is 0.407 e. The second-order valence-electron chi connectivity index (χ2n) is 5.27. The normalized spacial score (nSPS) is 11.3. The number of rotatable bonds is 4. The summed E-state index contributed by atoms with van der Waals surface area (Å²) in [5.74, 6) is 0. The third-order valence-electron chi connectivity index (χ3n) is 2.27. The standard InChI is InChI=1S/C15H20N2O2S/c1-15(2,3)19-14(18)17-10-4-5-11-6-8-12(9-7-11)13(16)20/h4-9H,10H2,1-3H3,(H2,16,20)(H,17,18). The van der Waals surface area contributed by atoms with Gasteiger partial charge in [-0.1, -0.05) is 48.6 Å². The van der Waals surface area contributed by atoms with Crippen molar-refractivity contribution in [3.8, 4) is 0 Å². The van der Waals surface area contributed by atoms with E-state index in [1.54, 1.807) is 0 Å². The van der Waals surface area contributed by atoms with E-state index >= 15 is 0 Å². The Kier molecular flexibility index (Phi) is 5.70.